The standard InChI is InChI=1S/C15H20/c1-6-9-14(15(3,4)5)13-11-8-7-10-12(13)2/h6-11H,2H2,1,3-5H3/b9-6-,14-13+. The highest BCUT2D eigenvalue weighted by Crippen LogP contribution is 2.25. The van der Waals surface area contributed by atoms with Gasteiger partial charge in [0, 0.05) is 0 Å². The Hall–Kier alpha value is -1.30. The lowest BCUT2D eigenvalue weighted by molar-refractivity contribution is 0.566. The highest BCUT2D eigenvalue weighted by Gasteiger charge is 2.14. The number of allylic oxidation sites excluding steroid dienone is 2. The van der Waals surface area contributed by atoms with Crippen molar-refractivity contribution in [3.05, 3.63) is 46.9 Å². The second kappa shape index (κ2) is 4.48. The lowest BCUT2D eigenvalue weighted by Gasteiger charge is -2.20. The molecule has 0 nitrogen and oxygen atoms in total. The summed E-state index contributed by atoms with van der Waals surface area (Å²) in [5.74, 6) is 0. The Bertz CT molecular complexity index is 456. The van der Waals surface area contributed by atoms with Crippen molar-refractivity contribution in [2.75, 3.05) is 0 Å². The van der Waals surface area contributed by atoms with Gasteiger partial charge in [0.05, 0.1) is 0 Å². The van der Waals surface area contributed by atoms with Gasteiger partial charge in [0.2, 0.25) is 0 Å². The Balaban J connectivity index is 3.63. The molecule has 0 aliphatic carbocycles. The normalized spacial score (nSPS) is 14.4. The van der Waals surface area contributed by atoms with Gasteiger partial charge in [-0.3, -0.25) is 0 Å². The fraction of sp³-hybridized carbons (Fsp3) is 0.333. The van der Waals surface area contributed by atoms with Gasteiger partial charge in [-0.25, -0.2) is 0 Å². The molecule has 0 radical (unpaired) electrons. The first-order chi connectivity index (χ1) is 6.96. The second-order valence-electron chi connectivity index (χ2n) is 4.82. The van der Waals surface area contributed by atoms with Crippen molar-refractivity contribution in [1.82, 2.24) is 0 Å². The average Bonchev–Trinajstić information content (AvgIpc) is 2.14. The maximum absolute atomic E-state index is 4.08. The molecule has 1 aromatic rings. The molecule has 0 atom stereocenters. The zero-order valence-corrected chi connectivity index (χ0v) is 10.2. The summed E-state index contributed by atoms with van der Waals surface area (Å²) in [4.78, 5) is 0. The van der Waals surface area contributed by atoms with Gasteiger partial charge in [0.1, 0.15) is 0 Å². The van der Waals surface area contributed by atoms with Gasteiger partial charge >= 0.3 is 0 Å². The van der Waals surface area contributed by atoms with E-state index in [0.29, 0.717) is 0 Å². The van der Waals surface area contributed by atoms with Crippen LogP contribution in [0.1, 0.15) is 27.7 Å². The molecular formula is C15H20. The number of hydrogen-bond acceptors (Lipinski definition) is 0. The minimum absolute atomic E-state index is 0.153. The Morgan fingerprint density at radius 2 is 1.80 bits per heavy atom. The van der Waals surface area contributed by atoms with Crippen LogP contribution in [-0.4, -0.2) is 0 Å². The van der Waals surface area contributed by atoms with E-state index in [1.54, 1.807) is 0 Å². The summed E-state index contributed by atoms with van der Waals surface area (Å²) in [6.45, 7) is 12.8. The Kier molecular flexibility index (Phi) is 3.52. The maximum atomic E-state index is 4.08. The van der Waals surface area contributed by atoms with Crippen LogP contribution >= 0.6 is 0 Å². The quantitative estimate of drug-likeness (QED) is 0.654. The van der Waals surface area contributed by atoms with E-state index < -0.39 is 0 Å². The molecule has 0 N–H and O–H groups in total. The fourth-order valence-corrected chi connectivity index (χ4v) is 1.69. The van der Waals surface area contributed by atoms with E-state index in [2.05, 4.69) is 64.6 Å². The lowest BCUT2D eigenvalue weighted by atomic mass is 9.84. The summed E-state index contributed by atoms with van der Waals surface area (Å²) < 4.78 is 0. The molecule has 0 saturated carbocycles. The molecule has 0 bridgehead atoms. The smallest absolute Gasteiger partial charge is 0.0126 e. The third kappa shape index (κ3) is 2.82. The molecule has 80 valence electrons. The Labute approximate surface area is 92.6 Å². The molecule has 0 heteroatoms. The van der Waals surface area contributed by atoms with Crippen LogP contribution in [-0.2, 0) is 0 Å². The van der Waals surface area contributed by atoms with Crippen molar-refractivity contribution < 1.29 is 0 Å². The van der Waals surface area contributed by atoms with Crippen molar-refractivity contribution in [3.63, 3.8) is 0 Å². The molecule has 0 aliphatic heterocycles. The van der Waals surface area contributed by atoms with Gasteiger partial charge in [-0.05, 0) is 28.3 Å². The van der Waals surface area contributed by atoms with Crippen molar-refractivity contribution in [2.45, 2.75) is 27.7 Å². The van der Waals surface area contributed by atoms with Gasteiger partial charge in [-0.2, -0.15) is 0 Å². The summed E-state index contributed by atoms with van der Waals surface area (Å²) in [5, 5.41) is 2.35. The topological polar surface area (TPSA) is 0 Å². The summed E-state index contributed by atoms with van der Waals surface area (Å²) in [5.41, 5.74) is 1.50. The van der Waals surface area contributed by atoms with Crippen LogP contribution < -0.4 is 10.4 Å². The molecule has 0 fully saturated rings. The van der Waals surface area contributed by atoms with Crippen LogP contribution in [0.25, 0.3) is 12.2 Å². The third-order valence-corrected chi connectivity index (χ3v) is 2.45. The number of hydrogen-bond donors (Lipinski definition) is 0. The predicted molar refractivity (Wildman–Crippen MR) is 68.9 cm³/mol. The van der Waals surface area contributed by atoms with E-state index in [4.69, 9.17) is 0 Å². The van der Waals surface area contributed by atoms with E-state index in [0.717, 1.165) is 5.22 Å². The largest absolute Gasteiger partial charge is 0.0911 e. The molecule has 0 aromatic heterocycles. The third-order valence-electron chi connectivity index (χ3n) is 2.45. The predicted octanol–water partition coefficient (Wildman–Crippen LogP) is 2.87. The van der Waals surface area contributed by atoms with Gasteiger partial charge < -0.3 is 0 Å². The van der Waals surface area contributed by atoms with E-state index in [1.807, 2.05) is 6.07 Å². The maximum Gasteiger partial charge on any atom is -0.0126 e. The first-order valence-corrected chi connectivity index (χ1v) is 5.38. The SMILES string of the molecule is C=c1cccc/c1=C(/C=C\C)C(C)(C)C. The van der Waals surface area contributed by atoms with Crippen LogP contribution in [0.3, 0.4) is 0 Å². The Morgan fingerprint density at radius 3 is 2.27 bits per heavy atom. The van der Waals surface area contributed by atoms with Gasteiger partial charge in [0.25, 0.3) is 0 Å². The lowest BCUT2D eigenvalue weighted by Crippen LogP contribution is -2.29. The first-order valence-electron chi connectivity index (χ1n) is 5.38. The minimum Gasteiger partial charge on any atom is -0.0911 e. The van der Waals surface area contributed by atoms with Crippen LogP contribution in [0, 0.1) is 5.41 Å². The average molecular weight is 200 g/mol. The van der Waals surface area contributed by atoms with Crippen LogP contribution in [0.15, 0.2) is 36.4 Å². The highest BCUT2D eigenvalue weighted by molar-refractivity contribution is 5.61. The number of benzene rings is 1. The van der Waals surface area contributed by atoms with E-state index >= 15 is 0 Å². The van der Waals surface area contributed by atoms with Crippen molar-refractivity contribution in [2.24, 2.45) is 5.41 Å². The van der Waals surface area contributed by atoms with Gasteiger partial charge in [-0.1, -0.05) is 63.8 Å². The molecule has 0 spiro atoms. The van der Waals surface area contributed by atoms with Crippen molar-refractivity contribution >= 4 is 12.2 Å². The number of rotatable bonds is 1. The van der Waals surface area contributed by atoms with Gasteiger partial charge in [0.15, 0.2) is 0 Å². The summed E-state index contributed by atoms with van der Waals surface area (Å²) in [6, 6.07) is 8.30. The van der Waals surface area contributed by atoms with E-state index in [-0.39, 0.29) is 5.41 Å². The highest BCUT2D eigenvalue weighted by atomic mass is 14.2. The molecule has 1 aromatic carbocycles. The molecular weight excluding hydrogens is 180 g/mol. The summed E-state index contributed by atoms with van der Waals surface area (Å²) in [7, 11) is 0. The van der Waals surface area contributed by atoms with Gasteiger partial charge in [-0.15, -0.1) is 0 Å². The molecule has 0 amide bonds. The minimum atomic E-state index is 0.153. The monoisotopic (exact) mass is 200 g/mol. The molecule has 0 saturated heterocycles. The van der Waals surface area contributed by atoms with Crippen LogP contribution in [0.4, 0.5) is 0 Å². The zero-order valence-electron chi connectivity index (χ0n) is 10.2. The van der Waals surface area contributed by atoms with Crippen molar-refractivity contribution in [3.8, 4) is 0 Å². The second-order valence-corrected chi connectivity index (χ2v) is 4.82. The molecule has 15 heavy (non-hydrogen) atoms. The first kappa shape index (κ1) is 11.8. The van der Waals surface area contributed by atoms with E-state index in [1.165, 1.54) is 10.8 Å². The Morgan fingerprint density at radius 1 is 1.20 bits per heavy atom. The van der Waals surface area contributed by atoms with E-state index in [9.17, 15) is 0 Å². The summed E-state index contributed by atoms with van der Waals surface area (Å²) >= 11 is 0. The van der Waals surface area contributed by atoms with Crippen LogP contribution in [0.2, 0.25) is 0 Å². The summed E-state index contributed by atoms with van der Waals surface area (Å²) in [6.07, 6.45) is 4.27. The molecule has 0 heterocycles. The van der Waals surface area contributed by atoms with Crippen LogP contribution in [0.5, 0.6) is 0 Å². The van der Waals surface area contributed by atoms with Crippen molar-refractivity contribution in [1.29, 1.82) is 0 Å². The fourth-order valence-electron chi connectivity index (χ4n) is 1.69. The molecule has 0 aliphatic rings. The molecule has 1 rings (SSSR count). The zero-order chi connectivity index (χ0) is 11.5. The molecule has 0 unspecified atom stereocenters.